The van der Waals surface area contributed by atoms with Crippen LogP contribution in [0.3, 0.4) is 0 Å². The van der Waals surface area contributed by atoms with E-state index < -0.39 is 45.3 Å². The number of sulfonamides is 1. The number of aliphatic hydroxyl groups excluding tert-OH is 1. The first-order valence-corrected chi connectivity index (χ1v) is 17.6. The van der Waals surface area contributed by atoms with Crippen molar-refractivity contribution < 1.29 is 36.6 Å². The van der Waals surface area contributed by atoms with E-state index in [0.29, 0.717) is 50.2 Å². The van der Waals surface area contributed by atoms with Crippen molar-refractivity contribution >= 4 is 27.6 Å². The molecule has 0 unspecified atom stereocenters. The van der Waals surface area contributed by atoms with Gasteiger partial charge in [-0.1, -0.05) is 25.8 Å². The number of benzene rings is 2. The lowest BCUT2D eigenvalue weighted by Gasteiger charge is -2.38. The summed E-state index contributed by atoms with van der Waals surface area (Å²) < 4.78 is 61.0. The minimum absolute atomic E-state index is 0.0825. The van der Waals surface area contributed by atoms with E-state index in [4.69, 9.17) is 15.5 Å². The molecule has 0 radical (unpaired) electrons. The molecule has 3 heterocycles. The standard InChI is InChI=1S/C35H40F2N6O6S/c1-4-5-14-43(35(46)39-31-17-28(34(38)45)29(36)18-30(31)37)24-12-15-41(16-13-24)19-23-6-11-32(40-33(23)22(2)3)49-26-7-9-27(10-8-26)50(47,48)42-20-25(44)21-42/h6-11,17-18,22,24-25,44H,12-16,19-21H2,1-3H3,(H2,38,45)(H,39,46). The van der Waals surface area contributed by atoms with Crippen LogP contribution in [-0.4, -0.2) is 89.4 Å². The molecule has 2 saturated heterocycles. The van der Waals surface area contributed by atoms with Crippen molar-refractivity contribution in [1.29, 1.82) is 0 Å². The number of hydrogen-bond acceptors (Lipinski definition) is 8. The first kappa shape index (κ1) is 36.7. The Labute approximate surface area is 290 Å². The number of anilines is 1. The first-order chi connectivity index (χ1) is 23.8. The summed E-state index contributed by atoms with van der Waals surface area (Å²) in [6, 6.07) is 10.4. The average Bonchev–Trinajstić information content (AvgIpc) is 3.06. The van der Waals surface area contributed by atoms with Gasteiger partial charge in [-0.25, -0.2) is 27.0 Å². The number of pyridine rings is 1. The van der Waals surface area contributed by atoms with Gasteiger partial charge in [-0.2, -0.15) is 4.31 Å². The van der Waals surface area contributed by atoms with Crippen LogP contribution < -0.4 is 15.8 Å². The van der Waals surface area contributed by atoms with Gasteiger partial charge >= 0.3 is 6.03 Å². The van der Waals surface area contributed by atoms with Crippen LogP contribution >= 0.6 is 0 Å². The number of carbonyl (C=O) groups excluding carboxylic acids is 2. The summed E-state index contributed by atoms with van der Waals surface area (Å²) >= 11 is 0. The Balaban J connectivity index is 1.21. The van der Waals surface area contributed by atoms with Gasteiger partial charge in [-0.05, 0) is 61.6 Å². The quantitative estimate of drug-likeness (QED) is 0.249. The predicted octanol–water partition coefficient (Wildman–Crippen LogP) is 4.26. The molecule has 15 heteroatoms. The molecule has 5 rings (SSSR count). The second-order valence-electron chi connectivity index (χ2n) is 12.6. The maximum Gasteiger partial charge on any atom is 0.322 e. The van der Waals surface area contributed by atoms with Crippen LogP contribution in [-0.2, 0) is 16.6 Å². The second-order valence-corrected chi connectivity index (χ2v) is 14.5. The van der Waals surface area contributed by atoms with E-state index in [2.05, 4.69) is 22.1 Å². The molecule has 0 spiro atoms. The molecule has 2 aliphatic heterocycles. The normalized spacial score (nSPS) is 16.0. The Bertz CT molecular complexity index is 1900. The summed E-state index contributed by atoms with van der Waals surface area (Å²) in [4.78, 5) is 33.5. The summed E-state index contributed by atoms with van der Waals surface area (Å²) in [6.45, 7) is 7.92. The molecular weight excluding hydrogens is 670 g/mol. The number of nitrogens with one attached hydrogen (secondary N) is 1. The lowest BCUT2D eigenvalue weighted by atomic mass is 10.00. The lowest BCUT2D eigenvalue weighted by molar-refractivity contribution is 0.0548. The highest BCUT2D eigenvalue weighted by atomic mass is 32.2. The molecule has 266 valence electrons. The van der Waals surface area contributed by atoms with E-state index in [-0.39, 0.29) is 42.2 Å². The van der Waals surface area contributed by atoms with Gasteiger partial charge in [0.15, 0.2) is 0 Å². The highest BCUT2D eigenvalue weighted by Gasteiger charge is 2.35. The Morgan fingerprint density at radius 2 is 1.78 bits per heavy atom. The van der Waals surface area contributed by atoms with Crippen molar-refractivity contribution in [2.45, 2.75) is 63.1 Å². The molecule has 3 aromatic rings. The Kier molecular flexibility index (Phi) is 11.4. The fourth-order valence-corrected chi connectivity index (χ4v) is 7.43. The summed E-state index contributed by atoms with van der Waals surface area (Å²) in [5, 5.41) is 11.9. The van der Waals surface area contributed by atoms with Crippen molar-refractivity contribution in [3.8, 4) is 23.5 Å². The van der Waals surface area contributed by atoms with Crippen molar-refractivity contribution in [2.75, 3.05) is 38.0 Å². The Morgan fingerprint density at radius 3 is 2.38 bits per heavy atom. The van der Waals surface area contributed by atoms with E-state index in [9.17, 15) is 31.9 Å². The van der Waals surface area contributed by atoms with Crippen LogP contribution in [0.25, 0.3) is 0 Å². The van der Waals surface area contributed by atoms with E-state index in [1.54, 1.807) is 25.1 Å². The average molecular weight is 711 g/mol. The number of urea groups is 1. The van der Waals surface area contributed by atoms with E-state index >= 15 is 0 Å². The fourth-order valence-electron chi connectivity index (χ4n) is 5.92. The number of nitrogens with two attached hydrogens (primary N) is 1. The maximum absolute atomic E-state index is 14.5. The topological polar surface area (TPSA) is 158 Å². The summed E-state index contributed by atoms with van der Waals surface area (Å²) in [5.74, 6) is 3.33. The highest BCUT2D eigenvalue weighted by Crippen LogP contribution is 2.29. The number of aromatic nitrogens is 1. The van der Waals surface area contributed by atoms with Crippen LogP contribution in [0.2, 0.25) is 0 Å². The zero-order valence-electron chi connectivity index (χ0n) is 28.0. The number of likely N-dealkylation sites (tertiary alicyclic amines) is 1. The van der Waals surface area contributed by atoms with Gasteiger partial charge in [-0.15, -0.1) is 5.92 Å². The number of primary amides is 1. The van der Waals surface area contributed by atoms with Gasteiger partial charge in [-0.3, -0.25) is 9.69 Å². The Morgan fingerprint density at radius 1 is 1.10 bits per heavy atom. The van der Waals surface area contributed by atoms with Crippen molar-refractivity contribution in [3.05, 3.63) is 77.0 Å². The van der Waals surface area contributed by atoms with Gasteiger partial charge in [0.25, 0.3) is 5.91 Å². The number of halogens is 2. The third-order valence-electron chi connectivity index (χ3n) is 8.69. The van der Waals surface area contributed by atoms with Gasteiger partial charge in [0, 0.05) is 50.9 Å². The fraction of sp³-hybridized carbons (Fsp3) is 0.400. The van der Waals surface area contributed by atoms with Gasteiger partial charge in [0.2, 0.25) is 15.9 Å². The highest BCUT2D eigenvalue weighted by molar-refractivity contribution is 7.89. The molecule has 0 atom stereocenters. The minimum Gasteiger partial charge on any atom is -0.439 e. The smallest absolute Gasteiger partial charge is 0.322 e. The number of hydrogen-bond donors (Lipinski definition) is 3. The SMILES string of the molecule is CC#CCN(C(=O)Nc1cc(C(N)=O)c(F)cc1F)C1CCN(Cc2ccc(Oc3ccc(S(=O)(=O)N4CC(O)C4)cc3)nc2C(C)C)CC1. The molecule has 3 amide bonds. The molecule has 0 bridgehead atoms. The number of ether oxygens (including phenoxy) is 1. The van der Waals surface area contributed by atoms with Crippen LogP contribution in [0.5, 0.6) is 11.6 Å². The largest absolute Gasteiger partial charge is 0.439 e. The van der Waals surface area contributed by atoms with Crippen molar-refractivity contribution in [2.24, 2.45) is 5.73 Å². The number of rotatable bonds is 11. The number of nitrogens with zero attached hydrogens (tertiary/aromatic N) is 4. The number of carbonyl (C=O) groups is 2. The molecule has 0 saturated carbocycles. The number of piperidine rings is 1. The number of aliphatic hydroxyl groups is 1. The molecular formula is C35H40F2N6O6S. The van der Waals surface area contributed by atoms with Crippen LogP contribution in [0.4, 0.5) is 19.3 Å². The summed E-state index contributed by atoms with van der Waals surface area (Å²) in [7, 11) is -3.67. The van der Waals surface area contributed by atoms with Gasteiger partial charge in [0.05, 0.1) is 34.5 Å². The van der Waals surface area contributed by atoms with Gasteiger partial charge in [0.1, 0.15) is 17.4 Å². The van der Waals surface area contributed by atoms with E-state index in [0.717, 1.165) is 17.3 Å². The molecule has 2 aliphatic rings. The summed E-state index contributed by atoms with van der Waals surface area (Å²) in [5.41, 5.74) is 6.18. The molecule has 1 aromatic heterocycles. The number of amides is 3. The van der Waals surface area contributed by atoms with Crippen molar-refractivity contribution in [1.82, 2.24) is 19.1 Å². The lowest BCUT2D eigenvalue weighted by Crippen LogP contribution is -2.53. The third-order valence-corrected chi connectivity index (χ3v) is 10.5. The van der Waals surface area contributed by atoms with Crippen molar-refractivity contribution in [3.63, 3.8) is 0 Å². The molecule has 12 nitrogen and oxygen atoms in total. The van der Waals surface area contributed by atoms with Gasteiger partial charge < -0.3 is 25.8 Å². The first-order valence-electron chi connectivity index (χ1n) is 16.2. The Hall–Kier alpha value is -4.62. The van der Waals surface area contributed by atoms with E-state index in [1.807, 2.05) is 19.9 Å². The third kappa shape index (κ3) is 8.39. The predicted molar refractivity (Wildman–Crippen MR) is 182 cm³/mol. The van der Waals surface area contributed by atoms with Crippen LogP contribution in [0.15, 0.2) is 53.4 Å². The van der Waals surface area contributed by atoms with Crippen LogP contribution in [0, 0.1) is 23.5 Å². The second kappa shape index (κ2) is 15.5. The maximum atomic E-state index is 14.5. The monoisotopic (exact) mass is 710 g/mol. The molecule has 0 aliphatic carbocycles. The molecule has 2 fully saturated rings. The minimum atomic E-state index is -3.67. The molecule has 50 heavy (non-hydrogen) atoms. The zero-order valence-corrected chi connectivity index (χ0v) is 28.8. The molecule has 2 aromatic carbocycles. The van der Waals surface area contributed by atoms with E-state index in [1.165, 1.54) is 21.3 Å². The zero-order chi connectivity index (χ0) is 36.2. The van der Waals surface area contributed by atoms with Crippen LogP contribution in [0.1, 0.15) is 61.1 Å². The number of β-amino-alcohol motifs (C(OH)–C–C–N with tert-alkyl or cyclic N) is 1. The summed E-state index contributed by atoms with van der Waals surface area (Å²) in [6.07, 6.45) is 0.600. The molecule has 4 N–H and O–H groups in total.